The lowest BCUT2D eigenvalue weighted by Crippen LogP contribution is -2.60. The number of ether oxygens (including phenoxy) is 4. The molecule has 0 amide bonds. The zero-order valence-corrected chi connectivity index (χ0v) is 21.4. The molecule has 2 aliphatic heterocycles. The minimum atomic E-state index is -1.93. The molecule has 9 atom stereocenters. The summed E-state index contributed by atoms with van der Waals surface area (Å²) >= 11 is 0. The summed E-state index contributed by atoms with van der Waals surface area (Å²) in [7, 11) is 0. The molecule has 0 aliphatic carbocycles. The van der Waals surface area contributed by atoms with Crippen LogP contribution in [0.3, 0.4) is 0 Å². The number of phenols is 3. The van der Waals surface area contributed by atoms with Crippen LogP contribution in [0.4, 0.5) is 0 Å². The van der Waals surface area contributed by atoms with Crippen molar-refractivity contribution >= 4 is 11.0 Å². The number of aromatic hydroxyl groups is 3. The number of hydrogen-bond acceptors (Lipinski definition) is 16. The van der Waals surface area contributed by atoms with Crippen LogP contribution in [-0.2, 0) is 9.47 Å². The summed E-state index contributed by atoms with van der Waals surface area (Å²) in [6.45, 7) is -1.26. The van der Waals surface area contributed by atoms with E-state index in [9.17, 15) is 55.9 Å². The van der Waals surface area contributed by atoms with Crippen LogP contribution in [0, 0.1) is 0 Å². The van der Waals surface area contributed by atoms with E-state index < -0.39 is 108 Å². The van der Waals surface area contributed by atoms with E-state index >= 15 is 0 Å². The molecule has 10 N–H and O–H groups in total. The molecule has 0 spiro atoms. The van der Waals surface area contributed by atoms with Gasteiger partial charge in [0.25, 0.3) is 0 Å². The van der Waals surface area contributed by atoms with Gasteiger partial charge in [0.05, 0.1) is 13.2 Å². The Hall–Kier alpha value is -3.71. The predicted octanol–water partition coefficient (Wildman–Crippen LogP) is -2.43. The Kier molecular flexibility index (Phi) is 8.17. The van der Waals surface area contributed by atoms with Gasteiger partial charge < -0.3 is 74.4 Å². The molecule has 2 saturated heterocycles. The molecule has 3 aromatic rings. The fraction of sp³-hybridized carbons (Fsp3) is 0.423. The highest BCUT2D eigenvalue weighted by atomic mass is 16.7. The molecular formula is C26H28O16. The van der Waals surface area contributed by atoms with E-state index in [0.29, 0.717) is 0 Å². The van der Waals surface area contributed by atoms with E-state index in [2.05, 4.69) is 0 Å². The van der Waals surface area contributed by atoms with Crippen LogP contribution in [0.1, 0.15) is 0 Å². The molecule has 0 bridgehead atoms. The predicted molar refractivity (Wildman–Crippen MR) is 136 cm³/mol. The van der Waals surface area contributed by atoms with Gasteiger partial charge in [-0.2, -0.15) is 0 Å². The van der Waals surface area contributed by atoms with Crippen LogP contribution in [0.15, 0.2) is 39.5 Å². The van der Waals surface area contributed by atoms with Gasteiger partial charge in [-0.1, -0.05) is 0 Å². The van der Waals surface area contributed by atoms with Gasteiger partial charge in [0, 0.05) is 17.7 Å². The lowest BCUT2D eigenvalue weighted by molar-refractivity contribution is -0.278. The molecule has 2 fully saturated rings. The molecule has 228 valence electrons. The Morgan fingerprint density at radius 1 is 0.810 bits per heavy atom. The number of phenolic OH excluding ortho intramolecular Hbond substituents is 3. The number of benzene rings is 2. The summed E-state index contributed by atoms with van der Waals surface area (Å²) in [5.74, 6) is -3.15. The van der Waals surface area contributed by atoms with E-state index in [4.69, 9.17) is 23.4 Å². The third-order valence-electron chi connectivity index (χ3n) is 6.95. The van der Waals surface area contributed by atoms with Gasteiger partial charge >= 0.3 is 0 Å². The van der Waals surface area contributed by atoms with Crippen LogP contribution < -0.4 is 14.9 Å². The second kappa shape index (κ2) is 11.5. The number of hydrogen-bond donors (Lipinski definition) is 10. The fourth-order valence-electron chi connectivity index (χ4n) is 4.57. The summed E-state index contributed by atoms with van der Waals surface area (Å²) in [5, 5.41) is 101. The highest BCUT2D eigenvalue weighted by molar-refractivity contribution is 5.89. The van der Waals surface area contributed by atoms with Gasteiger partial charge in [0.15, 0.2) is 28.4 Å². The molecule has 0 saturated carbocycles. The minimum absolute atomic E-state index is 0.108. The Morgan fingerprint density at radius 2 is 1.52 bits per heavy atom. The van der Waals surface area contributed by atoms with E-state index in [1.165, 1.54) is 6.07 Å². The summed E-state index contributed by atoms with van der Waals surface area (Å²) in [6.07, 6.45) is -15.4. The van der Waals surface area contributed by atoms with Crippen molar-refractivity contribution in [2.24, 2.45) is 0 Å². The van der Waals surface area contributed by atoms with Crippen LogP contribution in [0.2, 0.25) is 0 Å². The average molecular weight is 596 g/mol. The first kappa shape index (κ1) is 29.8. The van der Waals surface area contributed by atoms with Crippen molar-refractivity contribution in [3.8, 4) is 40.1 Å². The lowest BCUT2D eigenvalue weighted by atomic mass is 9.99. The molecule has 2 aliphatic rings. The highest BCUT2D eigenvalue weighted by Gasteiger charge is 2.46. The third-order valence-corrected chi connectivity index (χ3v) is 6.95. The van der Waals surface area contributed by atoms with Crippen molar-refractivity contribution < 1.29 is 74.4 Å². The molecule has 0 unspecified atom stereocenters. The van der Waals surface area contributed by atoms with Crippen LogP contribution >= 0.6 is 0 Å². The van der Waals surface area contributed by atoms with E-state index in [0.717, 1.165) is 24.3 Å². The van der Waals surface area contributed by atoms with Crippen LogP contribution in [0.5, 0.6) is 28.7 Å². The highest BCUT2D eigenvalue weighted by Crippen LogP contribution is 2.45. The van der Waals surface area contributed by atoms with Crippen molar-refractivity contribution in [1.29, 1.82) is 0 Å². The Labute approximate surface area is 235 Å². The van der Waals surface area contributed by atoms with E-state index in [1.54, 1.807) is 0 Å². The Morgan fingerprint density at radius 3 is 2.21 bits per heavy atom. The third kappa shape index (κ3) is 5.31. The maximum Gasteiger partial charge on any atom is 0.229 e. The molecule has 1 aromatic heterocycles. The first-order valence-corrected chi connectivity index (χ1v) is 12.6. The van der Waals surface area contributed by atoms with Crippen LogP contribution in [0.25, 0.3) is 22.3 Å². The SMILES string of the molecule is O=c1cc(-c2ccc(O)c(O)c2)oc2cc(O[C@@H]3OC[C@H](O)[C@H](O)[C@H]3O)c(O[C@@H]3O[C@H](CO)[C@@H](O)[C@H](O)[C@H]3O)c(O)c12. The summed E-state index contributed by atoms with van der Waals surface area (Å²) in [6, 6.07) is 5.61. The van der Waals surface area contributed by atoms with E-state index in [1.807, 2.05) is 0 Å². The average Bonchev–Trinajstić information content (AvgIpc) is 2.96. The van der Waals surface area contributed by atoms with Gasteiger partial charge in [0.1, 0.15) is 59.5 Å². The maximum atomic E-state index is 13.1. The van der Waals surface area contributed by atoms with Gasteiger partial charge in [0.2, 0.25) is 18.3 Å². The van der Waals surface area contributed by atoms with Crippen molar-refractivity contribution in [3.63, 3.8) is 0 Å². The normalized spacial score (nSPS) is 31.6. The number of aliphatic hydroxyl groups is 7. The summed E-state index contributed by atoms with van der Waals surface area (Å²) in [5.41, 5.74) is -0.977. The second-order valence-electron chi connectivity index (χ2n) is 9.79. The number of rotatable bonds is 6. The van der Waals surface area contributed by atoms with Crippen molar-refractivity contribution in [2.75, 3.05) is 13.2 Å². The minimum Gasteiger partial charge on any atom is -0.504 e. The molecule has 16 nitrogen and oxygen atoms in total. The van der Waals surface area contributed by atoms with Crippen molar-refractivity contribution in [2.45, 2.75) is 55.3 Å². The lowest BCUT2D eigenvalue weighted by Gasteiger charge is -2.40. The van der Waals surface area contributed by atoms with Crippen LogP contribution in [-0.4, -0.2) is 120 Å². The molecule has 3 heterocycles. The second-order valence-corrected chi connectivity index (χ2v) is 9.79. The monoisotopic (exact) mass is 596 g/mol. The molecule has 5 rings (SSSR count). The summed E-state index contributed by atoms with van der Waals surface area (Å²) in [4.78, 5) is 13.1. The zero-order chi connectivity index (χ0) is 30.5. The Bertz CT molecular complexity index is 1500. The quantitative estimate of drug-likeness (QED) is 0.133. The fourth-order valence-corrected chi connectivity index (χ4v) is 4.57. The van der Waals surface area contributed by atoms with Gasteiger partial charge in [-0.15, -0.1) is 0 Å². The molecule has 0 radical (unpaired) electrons. The molecular weight excluding hydrogens is 568 g/mol. The Balaban J connectivity index is 1.62. The van der Waals surface area contributed by atoms with Gasteiger partial charge in [-0.25, -0.2) is 0 Å². The number of aliphatic hydroxyl groups excluding tert-OH is 7. The van der Waals surface area contributed by atoms with Crippen molar-refractivity contribution in [1.82, 2.24) is 0 Å². The summed E-state index contributed by atoms with van der Waals surface area (Å²) < 4.78 is 27.6. The molecule has 16 heteroatoms. The zero-order valence-electron chi connectivity index (χ0n) is 21.4. The molecule has 2 aromatic carbocycles. The standard InChI is InChI=1S/C26H28O16/c27-6-16-19(33)21(35)23(37)26(41-16)42-24-15(40-25-22(36)18(32)12(31)7-38-25)5-14-17(20(24)34)11(30)4-13(39-14)8-1-2-9(28)10(29)3-8/h1-5,12,16,18-19,21-23,25-29,31-37H,6-7H2/t12-,16+,18-,19+,21-,22+,23+,25-,26-/m0/s1. The topological polar surface area (TPSA) is 269 Å². The smallest absolute Gasteiger partial charge is 0.229 e. The first-order valence-electron chi connectivity index (χ1n) is 12.6. The number of fused-ring (bicyclic) bond motifs is 1. The maximum absolute atomic E-state index is 13.1. The van der Waals surface area contributed by atoms with E-state index in [-0.39, 0.29) is 16.9 Å². The first-order chi connectivity index (χ1) is 19.9. The largest absolute Gasteiger partial charge is 0.504 e. The van der Waals surface area contributed by atoms with Crippen molar-refractivity contribution in [3.05, 3.63) is 40.6 Å². The van der Waals surface area contributed by atoms with Gasteiger partial charge in [-0.3, -0.25) is 4.79 Å². The van der Waals surface area contributed by atoms with Gasteiger partial charge in [-0.05, 0) is 18.2 Å². The molecule has 42 heavy (non-hydrogen) atoms.